The summed E-state index contributed by atoms with van der Waals surface area (Å²) >= 11 is 1.72. The van der Waals surface area contributed by atoms with Gasteiger partial charge in [0.15, 0.2) is 0 Å². The Bertz CT molecular complexity index is 926. The molecule has 4 nitrogen and oxygen atoms in total. The van der Waals surface area contributed by atoms with Crippen LogP contribution in [0.25, 0.3) is 0 Å². The molecule has 7 atom stereocenters. The van der Waals surface area contributed by atoms with E-state index in [2.05, 4.69) is 41.6 Å². The van der Waals surface area contributed by atoms with Crippen LogP contribution >= 0.6 is 11.3 Å². The minimum Gasteiger partial charge on any atom is -0.385 e. The summed E-state index contributed by atoms with van der Waals surface area (Å²) < 4.78 is 12.2. The lowest BCUT2D eigenvalue weighted by atomic mass is 9.46. The maximum absolute atomic E-state index is 12.0. The number of allylic oxidation sites excluding steroid dienone is 1. The Balaban J connectivity index is 1.05. The molecule has 1 aromatic rings. The van der Waals surface area contributed by atoms with Gasteiger partial charge in [0.2, 0.25) is 0 Å². The summed E-state index contributed by atoms with van der Waals surface area (Å²) in [4.78, 5) is 2.51. The molecule has 2 heterocycles. The normalized spacial score (nSPS) is 42.6. The molecule has 6 rings (SSSR count). The molecular weight excluding hydrogens is 466 g/mol. The van der Waals surface area contributed by atoms with Gasteiger partial charge < -0.3 is 19.5 Å². The molecule has 36 heavy (non-hydrogen) atoms. The van der Waals surface area contributed by atoms with Crippen molar-refractivity contribution in [3.8, 4) is 0 Å². The number of thiophene rings is 1. The summed E-state index contributed by atoms with van der Waals surface area (Å²) in [5.74, 6) is 2.10. The second kappa shape index (κ2) is 10.1. The van der Waals surface area contributed by atoms with Gasteiger partial charge in [-0.2, -0.15) is 11.3 Å². The van der Waals surface area contributed by atoms with Crippen molar-refractivity contribution in [3.05, 3.63) is 34.0 Å². The fraction of sp³-hybridized carbons (Fsp3) is 0.806. The van der Waals surface area contributed by atoms with Gasteiger partial charge >= 0.3 is 0 Å². The van der Waals surface area contributed by atoms with Crippen LogP contribution in [0.15, 0.2) is 28.5 Å². The summed E-state index contributed by atoms with van der Waals surface area (Å²) in [5.41, 5.74) is 2.53. The van der Waals surface area contributed by atoms with Crippen LogP contribution in [0, 0.1) is 28.6 Å². The SMILES string of the molecule is C[C@]12CC[C@H](OCCOCCN3CCCC3)CC1=CC[C@@H]1[C@@H]2CC[C@@]2(C)[C@H]1CC[C@@]2(O)c1ccsc1. The van der Waals surface area contributed by atoms with Crippen molar-refractivity contribution in [3.63, 3.8) is 0 Å². The number of hydrogen-bond donors (Lipinski definition) is 1. The fourth-order valence-corrected chi connectivity index (χ4v) is 10.1. The molecule has 1 saturated heterocycles. The molecule has 0 bridgehead atoms. The number of fused-ring (bicyclic) bond motifs is 5. The van der Waals surface area contributed by atoms with Crippen molar-refractivity contribution < 1.29 is 14.6 Å². The number of likely N-dealkylation sites (tertiary alicyclic amines) is 1. The van der Waals surface area contributed by atoms with E-state index in [1.54, 1.807) is 16.9 Å². The van der Waals surface area contributed by atoms with Gasteiger partial charge in [0.25, 0.3) is 0 Å². The van der Waals surface area contributed by atoms with Gasteiger partial charge in [-0.25, -0.2) is 0 Å². The highest BCUT2D eigenvalue weighted by Gasteiger charge is 2.64. The van der Waals surface area contributed by atoms with Crippen molar-refractivity contribution in [1.29, 1.82) is 0 Å². The van der Waals surface area contributed by atoms with E-state index in [1.165, 1.54) is 63.6 Å². The lowest BCUT2D eigenvalue weighted by Crippen LogP contribution is -2.53. The third-order valence-electron chi connectivity index (χ3n) is 11.5. The smallest absolute Gasteiger partial charge is 0.0960 e. The zero-order valence-corrected chi connectivity index (χ0v) is 23.4. The van der Waals surface area contributed by atoms with Crippen LogP contribution in [0.3, 0.4) is 0 Å². The lowest BCUT2D eigenvalue weighted by Gasteiger charge is -2.59. The predicted molar refractivity (Wildman–Crippen MR) is 146 cm³/mol. The van der Waals surface area contributed by atoms with Crippen molar-refractivity contribution in [1.82, 2.24) is 4.90 Å². The predicted octanol–water partition coefficient (Wildman–Crippen LogP) is 6.40. The second-order valence-electron chi connectivity index (χ2n) is 13.0. The maximum Gasteiger partial charge on any atom is 0.0960 e. The van der Waals surface area contributed by atoms with Gasteiger partial charge in [-0.15, -0.1) is 0 Å². The van der Waals surface area contributed by atoms with E-state index in [1.807, 2.05) is 0 Å². The third-order valence-corrected chi connectivity index (χ3v) is 12.2. The monoisotopic (exact) mass is 513 g/mol. The highest BCUT2D eigenvalue weighted by atomic mass is 32.1. The summed E-state index contributed by atoms with van der Waals surface area (Å²) in [6.07, 6.45) is 14.9. The van der Waals surface area contributed by atoms with E-state index >= 15 is 0 Å². The molecule has 1 N–H and O–H groups in total. The molecule has 5 aliphatic rings. The average molecular weight is 514 g/mol. The molecule has 0 radical (unpaired) electrons. The van der Waals surface area contributed by atoms with Gasteiger partial charge in [-0.05, 0) is 123 Å². The highest BCUT2D eigenvalue weighted by Crippen LogP contribution is 2.69. The molecular formula is C31H47NO3S. The Hall–Kier alpha value is -0.720. The Morgan fingerprint density at radius 3 is 2.67 bits per heavy atom. The van der Waals surface area contributed by atoms with Crippen LogP contribution in [-0.2, 0) is 15.1 Å². The van der Waals surface area contributed by atoms with Crippen LogP contribution in [-0.4, -0.2) is 55.6 Å². The Morgan fingerprint density at radius 2 is 1.86 bits per heavy atom. The van der Waals surface area contributed by atoms with E-state index in [0.717, 1.165) is 51.5 Å². The van der Waals surface area contributed by atoms with Crippen LogP contribution in [0.2, 0.25) is 0 Å². The minimum atomic E-state index is -0.643. The lowest BCUT2D eigenvalue weighted by molar-refractivity contribution is -0.130. The molecule has 0 spiro atoms. The van der Waals surface area contributed by atoms with E-state index in [0.29, 0.717) is 23.4 Å². The first-order valence-corrected chi connectivity index (χ1v) is 15.7. The molecule has 0 aromatic carbocycles. The Kier molecular flexibility index (Phi) is 7.18. The molecule has 200 valence electrons. The summed E-state index contributed by atoms with van der Waals surface area (Å²) in [6, 6.07) is 2.17. The van der Waals surface area contributed by atoms with E-state index in [4.69, 9.17) is 9.47 Å². The number of nitrogens with zero attached hydrogens (tertiary/aromatic N) is 1. The zero-order chi connectivity index (χ0) is 24.8. The first-order chi connectivity index (χ1) is 17.4. The van der Waals surface area contributed by atoms with Crippen LogP contribution in [0.4, 0.5) is 0 Å². The third kappa shape index (κ3) is 4.25. The molecule has 1 aliphatic heterocycles. The number of aliphatic hydroxyl groups is 1. The Morgan fingerprint density at radius 1 is 1.03 bits per heavy atom. The van der Waals surface area contributed by atoms with Crippen molar-refractivity contribution >= 4 is 11.3 Å². The average Bonchev–Trinajstić information content (AvgIpc) is 3.64. The molecule has 5 heteroatoms. The standard InChI is InChI=1S/C31H47NO3S/c1-29-11-7-25(35-19-18-34-17-16-32-14-3-4-15-32)21-23(29)5-6-26-27(29)8-12-30(2)28(26)9-13-31(30,33)24-10-20-36-22-24/h5,10,20,22,25-28,33H,3-4,6-9,11-19,21H2,1-2H3/t25-,26+,27-,28-,29-,30-,31+/m0/s1. The van der Waals surface area contributed by atoms with Crippen molar-refractivity contribution in [2.45, 2.75) is 89.8 Å². The number of hydrogen-bond acceptors (Lipinski definition) is 5. The highest BCUT2D eigenvalue weighted by molar-refractivity contribution is 7.08. The summed E-state index contributed by atoms with van der Waals surface area (Å²) in [6.45, 7) is 10.8. The van der Waals surface area contributed by atoms with Gasteiger partial charge in [-0.3, -0.25) is 0 Å². The Labute approximate surface area is 222 Å². The van der Waals surface area contributed by atoms with Gasteiger partial charge in [-0.1, -0.05) is 25.5 Å². The maximum atomic E-state index is 12.0. The summed E-state index contributed by atoms with van der Waals surface area (Å²) in [7, 11) is 0. The van der Waals surface area contributed by atoms with Crippen molar-refractivity contribution in [2.24, 2.45) is 28.6 Å². The van der Waals surface area contributed by atoms with Gasteiger partial charge in [0.05, 0.1) is 31.5 Å². The van der Waals surface area contributed by atoms with Gasteiger partial charge in [0.1, 0.15) is 0 Å². The fourth-order valence-electron chi connectivity index (χ4n) is 9.34. The number of ether oxygens (including phenoxy) is 2. The first-order valence-electron chi connectivity index (χ1n) is 14.8. The van der Waals surface area contributed by atoms with E-state index in [9.17, 15) is 5.11 Å². The molecule has 3 saturated carbocycles. The first kappa shape index (κ1) is 25.6. The molecule has 1 aromatic heterocycles. The van der Waals surface area contributed by atoms with E-state index < -0.39 is 5.60 Å². The largest absolute Gasteiger partial charge is 0.385 e. The number of rotatable bonds is 8. The molecule has 4 aliphatic carbocycles. The van der Waals surface area contributed by atoms with Gasteiger partial charge in [0, 0.05) is 12.0 Å². The molecule has 0 amide bonds. The summed E-state index contributed by atoms with van der Waals surface area (Å²) in [5, 5.41) is 16.3. The van der Waals surface area contributed by atoms with Crippen molar-refractivity contribution in [2.75, 3.05) is 39.5 Å². The zero-order valence-electron chi connectivity index (χ0n) is 22.6. The quantitative estimate of drug-likeness (QED) is 0.323. The van der Waals surface area contributed by atoms with E-state index in [-0.39, 0.29) is 5.41 Å². The van der Waals surface area contributed by atoms with Crippen LogP contribution in [0.5, 0.6) is 0 Å². The molecule has 4 fully saturated rings. The minimum absolute atomic E-state index is 0.00599. The van der Waals surface area contributed by atoms with Crippen LogP contribution < -0.4 is 0 Å². The topological polar surface area (TPSA) is 41.9 Å². The second-order valence-corrected chi connectivity index (χ2v) is 13.8. The molecule has 0 unspecified atom stereocenters. The van der Waals surface area contributed by atoms with Crippen LogP contribution in [0.1, 0.15) is 83.6 Å².